The second kappa shape index (κ2) is 9.67. The van der Waals surface area contributed by atoms with Crippen LogP contribution in [0.15, 0.2) is 54.7 Å². The number of aromatic nitrogens is 2. The molecule has 0 saturated carbocycles. The maximum atomic E-state index is 14.9. The van der Waals surface area contributed by atoms with Gasteiger partial charge in [0.1, 0.15) is 24.1 Å². The minimum Gasteiger partial charge on any atom is -0.485 e. The van der Waals surface area contributed by atoms with Crippen molar-refractivity contribution in [2.24, 2.45) is 0 Å². The first kappa shape index (κ1) is 22.9. The van der Waals surface area contributed by atoms with E-state index in [0.717, 1.165) is 18.8 Å². The molecule has 0 aliphatic carbocycles. The molecule has 0 aliphatic rings. The van der Waals surface area contributed by atoms with Gasteiger partial charge < -0.3 is 4.74 Å². The zero-order chi connectivity index (χ0) is 23.5. The first-order chi connectivity index (χ1) is 15.9. The van der Waals surface area contributed by atoms with E-state index in [9.17, 15) is 13.2 Å². The van der Waals surface area contributed by atoms with Crippen LogP contribution in [0, 0.1) is 24.4 Å². The second-order valence-corrected chi connectivity index (χ2v) is 7.87. The van der Waals surface area contributed by atoms with Gasteiger partial charge in [0.2, 0.25) is 0 Å². The number of hydrogen-bond acceptors (Lipinski definition) is 3. The molecular formula is C26H26F3N3O. The molecule has 0 spiro atoms. The van der Waals surface area contributed by atoms with Crippen LogP contribution >= 0.6 is 0 Å². The minimum atomic E-state index is -0.664. The highest BCUT2D eigenvalue weighted by molar-refractivity contribution is 5.70. The Morgan fingerprint density at radius 3 is 2.33 bits per heavy atom. The summed E-state index contributed by atoms with van der Waals surface area (Å²) in [4.78, 5) is 6.75. The highest BCUT2D eigenvalue weighted by Crippen LogP contribution is 2.31. The first-order valence-electron chi connectivity index (χ1n) is 11.0. The predicted octanol–water partition coefficient (Wildman–Crippen LogP) is 6.15. The number of aryl methyl sites for hydroxylation is 1. The number of halogens is 3. The van der Waals surface area contributed by atoms with Crippen LogP contribution in [0.2, 0.25) is 0 Å². The van der Waals surface area contributed by atoms with E-state index in [1.54, 1.807) is 16.5 Å². The molecule has 4 nitrogen and oxygen atoms in total. The monoisotopic (exact) mass is 453 g/mol. The molecule has 33 heavy (non-hydrogen) atoms. The Morgan fingerprint density at radius 1 is 0.939 bits per heavy atom. The molecule has 4 aromatic rings. The summed E-state index contributed by atoms with van der Waals surface area (Å²) in [6.45, 7) is 7.93. The van der Waals surface area contributed by atoms with Crippen molar-refractivity contribution in [3.8, 4) is 17.0 Å². The van der Waals surface area contributed by atoms with Crippen molar-refractivity contribution < 1.29 is 17.9 Å². The van der Waals surface area contributed by atoms with Crippen LogP contribution in [-0.4, -0.2) is 27.4 Å². The largest absolute Gasteiger partial charge is 0.485 e. The predicted molar refractivity (Wildman–Crippen MR) is 123 cm³/mol. The molecule has 7 heteroatoms. The average Bonchev–Trinajstić information content (AvgIpc) is 3.14. The fourth-order valence-corrected chi connectivity index (χ4v) is 3.95. The lowest BCUT2D eigenvalue weighted by molar-refractivity contribution is 0.291. The number of imidazole rings is 1. The molecule has 0 N–H and O–H groups in total. The molecule has 2 heterocycles. The Morgan fingerprint density at radius 2 is 1.67 bits per heavy atom. The van der Waals surface area contributed by atoms with Gasteiger partial charge >= 0.3 is 0 Å². The van der Waals surface area contributed by atoms with Crippen molar-refractivity contribution >= 4 is 5.65 Å². The zero-order valence-corrected chi connectivity index (χ0v) is 18.9. The Bertz CT molecular complexity index is 1260. The van der Waals surface area contributed by atoms with E-state index in [0.29, 0.717) is 34.8 Å². The Labute approximate surface area is 191 Å². The Hall–Kier alpha value is -3.32. The van der Waals surface area contributed by atoms with Crippen molar-refractivity contribution in [3.63, 3.8) is 0 Å². The molecule has 0 unspecified atom stereocenters. The molecule has 0 radical (unpaired) electrons. The van der Waals surface area contributed by atoms with Crippen molar-refractivity contribution in [1.82, 2.24) is 14.3 Å². The second-order valence-electron chi connectivity index (χ2n) is 7.87. The number of fused-ring (bicyclic) bond motifs is 1. The number of benzene rings is 2. The van der Waals surface area contributed by atoms with E-state index in [4.69, 9.17) is 4.74 Å². The minimum absolute atomic E-state index is 0.145. The summed E-state index contributed by atoms with van der Waals surface area (Å²) in [6, 6.07) is 12.4. The van der Waals surface area contributed by atoms with Crippen LogP contribution in [0.4, 0.5) is 13.2 Å². The summed E-state index contributed by atoms with van der Waals surface area (Å²) in [7, 11) is 0. The number of pyridine rings is 1. The summed E-state index contributed by atoms with van der Waals surface area (Å²) < 4.78 is 50.4. The Kier molecular flexibility index (Phi) is 6.70. The van der Waals surface area contributed by atoms with E-state index >= 15 is 0 Å². The van der Waals surface area contributed by atoms with Gasteiger partial charge in [0.25, 0.3) is 0 Å². The van der Waals surface area contributed by atoms with E-state index < -0.39 is 11.6 Å². The molecule has 0 saturated heterocycles. The van der Waals surface area contributed by atoms with Crippen LogP contribution in [0.25, 0.3) is 16.9 Å². The van der Waals surface area contributed by atoms with Crippen LogP contribution in [-0.2, 0) is 13.2 Å². The third kappa shape index (κ3) is 4.59. The van der Waals surface area contributed by atoms with Gasteiger partial charge in [-0.25, -0.2) is 18.2 Å². The van der Waals surface area contributed by atoms with Gasteiger partial charge in [-0.15, -0.1) is 0 Å². The first-order valence-corrected chi connectivity index (χ1v) is 11.0. The molecule has 2 aromatic heterocycles. The van der Waals surface area contributed by atoms with Gasteiger partial charge in [-0.2, -0.15) is 0 Å². The SMILES string of the molecule is CCN(CC)Cc1ccc(-c2c(C)nc3c(OCc4c(F)cccc4F)cccn23)cc1F. The van der Waals surface area contributed by atoms with Crippen molar-refractivity contribution in [1.29, 1.82) is 0 Å². The lowest BCUT2D eigenvalue weighted by Gasteiger charge is -2.18. The smallest absolute Gasteiger partial charge is 0.180 e. The number of nitrogens with zero attached hydrogens (tertiary/aromatic N) is 3. The lowest BCUT2D eigenvalue weighted by atomic mass is 10.1. The summed E-state index contributed by atoms with van der Waals surface area (Å²) in [5, 5.41) is 0. The summed E-state index contributed by atoms with van der Waals surface area (Å²) in [6.07, 6.45) is 1.81. The topological polar surface area (TPSA) is 29.8 Å². The van der Waals surface area contributed by atoms with Crippen molar-refractivity contribution in [3.05, 3.63) is 89.0 Å². The quantitative estimate of drug-likeness (QED) is 0.321. The highest BCUT2D eigenvalue weighted by atomic mass is 19.1. The van der Waals surface area contributed by atoms with E-state index in [1.165, 1.54) is 24.3 Å². The van der Waals surface area contributed by atoms with Crippen LogP contribution in [0.3, 0.4) is 0 Å². The Balaban J connectivity index is 1.66. The zero-order valence-electron chi connectivity index (χ0n) is 18.9. The van der Waals surface area contributed by atoms with Crippen molar-refractivity contribution in [2.45, 2.75) is 33.9 Å². The normalized spacial score (nSPS) is 11.5. The fraction of sp³-hybridized carbons (Fsp3) is 0.269. The average molecular weight is 454 g/mol. The molecule has 2 aromatic carbocycles. The molecule has 0 atom stereocenters. The van der Waals surface area contributed by atoms with Crippen molar-refractivity contribution in [2.75, 3.05) is 13.1 Å². The number of rotatable bonds is 8. The van der Waals surface area contributed by atoms with Gasteiger partial charge in [-0.05, 0) is 50.3 Å². The van der Waals surface area contributed by atoms with Gasteiger partial charge in [0.05, 0.1) is 17.0 Å². The lowest BCUT2D eigenvalue weighted by Crippen LogP contribution is -2.22. The van der Waals surface area contributed by atoms with E-state index in [1.807, 2.05) is 25.3 Å². The summed E-state index contributed by atoms with van der Waals surface area (Å²) in [5.74, 6) is -1.21. The van der Waals surface area contributed by atoms with Crippen LogP contribution in [0.5, 0.6) is 5.75 Å². The highest BCUT2D eigenvalue weighted by Gasteiger charge is 2.17. The third-order valence-electron chi connectivity index (χ3n) is 5.84. The van der Waals surface area contributed by atoms with Gasteiger partial charge in [-0.1, -0.05) is 32.0 Å². The molecule has 4 rings (SSSR count). The molecule has 0 bridgehead atoms. The maximum Gasteiger partial charge on any atom is 0.180 e. The number of hydrogen-bond donors (Lipinski definition) is 0. The maximum absolute atomic E-state index is 14.9. The van der Waals surface area contributed by atoms with E-state index in [-0.39, 0.29) is 18.0 Å². The van der Waals surface area contributed by atoms with Gasteiger partial charge in [-0.3, -0.25) is 9.30 Å². The standard InChI is InChI=1S/C26H26F3N3O/c1-4-31(5-2)15-19-12-11-18(14-23(19)29)25-17(3)30-26-24(10-7-13-32(25)26)33-16-20-21(27)8-6-9-22(20)28/h6-14H,4-5,15-16H2,1-3H3. The molecule has 0 aliphatic heterocycles. The summed E-state index contributed by atoms with van der Waals surface area (Å²) >= 11 is 0. The van der Waals surface area contributed by atoms with E-state index in [2.05, 4.69) is 23.7 Å². The van der Waals surface area contributed by atoms with Gasteiger partial charge in [0, 0.05) is 23.9 Å². The molecule has 172 valence electrons. The third-order valence-corrected chi connectivity index (χ3v) is 5.84. The van der Waals surface area contributed by atoms with Crippen LogP contribution in [0.1, 0.15) is 30.7 Å². The molecule has 0 amide bonds. The number of ether oxygens (including phenoxy) is 1. The summed E-state index contributed by atoms with van der Waals surface area (Å²) in [5.41, 5.74) is 3.12. The van der Waals surface area contributed by atoms with Gasteiger partial charge in [0.15, 0.2) is 11.4 Å². The molecular weight excluding hydrogens is 427 g/mol. The molecule has 0 fully saturated rings. The van der Waals surface area contributed by atoms with Crippen LogP contribution < -0.4 is 4.74 Å². The fourth-order valence-electron chi connectivity index (χ4n) is 3.95.